The first-order valence-electron chi connectivity index (χ1n) is 8.63. The second-order valence-electron chi connectivity index (χ2n) is 6.25. The fourth-order valence-electron chi connectivity index (χ4n) is 2.89. The molecule has 4 nitrogen and oxygen atoms in total. The SMILES string of the molecule is O=C(COc1ccccc1Cl)N(Cc1ccc(F)cc1)CC1CCCO1. The molecule has 2 aromatic carbocycles. The van der Waals surface area contributed by atoms with Crippen molar-refractivity contribution in [2.24, 2.45) is 0 Å². The number of rotatable bonds is 7. The molecule has 1 aliphatic heterocycles. The van der Waals surface area contributed by atoms with Gasteiger partial charge in [0.15, 0.2) is 6.61 Å². The molecule has 1 unspecified atom stereocenters. The van der Waals surface area contributed by atoms with Crippen LogP contribution in [-0.2, 0) is 16.1 Å². The highest BCUT2D eigenvalue weighted by Crippen LogP contribution is 2.23. The number of ether oxygens (including phenoxy) is 2. The largest absolute Gasteiger partial charge is 0.482 e. The van der Waals surface area contributed by atoms with Crippen molar-refractivity contribution in [3.05, 3.63) is 64.9 Å². The van der Waals surface area contributed by atoms with Gasteiger partial charge >= 0.3 is 0 Å². The molecule has 2 aromatic rings. The molecule has 1 fully saturated rings. The lowest BCUT2D eigenvalue weighted by atomic mass is 10.1. The smallest absolute Gasteiger partial charge is 0.260 e. The Morgan fingerprint density at radius 1 is 1.23 bits per heavy atom. The maximum absolute atomic E-state index is 13.1. The van der Waals surface area contributed by atoms with E-state index in [1.54, 1.807) is 41.3 Å². The van der Waals surface area contributed by atoms with Crippen LogP contribution in [0.1, 0.15) is 18.4 Å². The van der Waals surface area contributed by atoms with Crippen LogP contribution >= 0.6 is 11.6 Å². The lowest BCUT2D eigenvalue weighted by Gasteiger charge is -2.25. The highest BCUT2D eigenvalue weighted by atomic mass is 35.5. The molecular formula is C20H21ClFNO3. The van der Waals surface area contributed by atoms with Crippen LogP contribution in [0.2, 0.25) is 5.02 Å². The molecule has 0 spiro atoms. The summed E-state index contributed by atoms with van der Waals surface area (Å²) < 4.78 is 24.4. The van der Waals surface area contributed by atoms with Gasteiger partial charge in [-0.3, -0.25) is 4.79 Å². The molecule has 0 aromatic heterocycles. The van der Waals surface area contributed by atoms with E-state index >= 15 is 0 Å². The van der Waals surface area contributed by atoms with Gasteiger partial charge in [0.25, 0.3) is 5.91 Å². The quantitative estimate of drug-likeness (QED) is 0.730. The van der Waals surface area contributed by atoms with Gasteiger partial charge < -0.3 is 14.4 Å². The van der Waals surface area contributed by atoms with Crippen molar-refractivity contribution in [1.29, 1.82) is 0 Å². The molecule has 3 rings (SSSR count). The average molecular weight is 378 g/mol. The van der Waals surface area contributed by atoms with Crippen LogP contribution < -0.4 is 4.74 Å². The number of hydrogen-bond acceptors (Lipinski definition) is 3. The standard InChI is InChI=1S/C20H21ClFNO3/c21-18-5-1-2-6-19(18)26-14-20(24)23(13-17-4-3-11-25-17)12-15-7-9-16(22)10-8-15/h1-2,5-10,17H,3-4,11-14H2. The summed E-state index contributed by atoms with van der Waals surface area (Å²) in [5.74, 6) is 0.0129. The monoisotopic (exact) mass is 377 g/mol. The van der Waals surface area contributed by atoms with Crippen molar-refractivity contribution in [2.75, 3.05) is 19.8 Å². The van der Waals surface area contributed by atoms with E-state index in [2.05, 4.69) is 0 Å². The van der Waals surface area contributed by atoms with Gasteiger partial charge in [-0.15, -0.1) is 0 Å². The maximum atomic E-state index is 13.1. The Balaban J connectivity index is 1.65. The molecule has 0 saturated carbocycles. The van der Waals surface area contributed by atoms with Crippen LogP contribution in [0.4, 0.5) is 4.39 Å². The third kappa shape index (κ3) is 5.19. The van der Waals surface area contributed by atoms with Crippen LogP contribution in [0.5, 0.6) is 5.75 Å². The third-order valence-electron chi connectivity index (χ3n) is 4.28. The second-order valence-corrected chi connectivity index (χ2v) is 6.66. The highest BCUT2D eigenvalue weighted by Gasteiger charge is 2.23. The van der Waals surface area contributed by atoms with E-state index in [1.165, 1.54) is 12.1 Å². The molecule has 1 aliphatic rings. The summed E-state index contributed by atoms with van der Waals surface area (Å²) in [5, 5.41) is 0.463. The predicted molar refractivity (Wildman–Crippen MR) is 97.7 cm³/mol. The summed E-state index contributed by atoms with van der Waals surface area (Å²) >= 11 is 6.06. The number of amides is 1. The van der Waals surface area contributed by atoms with Crippen LogP contribution in [0, 0.1) is 5.82 Å². The van der Waals surface area contributed by atoms with E-state index in [1.807, 2.05) is 0 Å². The summed E-state index contributed by atoms with van der Waals surface area (Å²) in [6.45, 7) is 1.48. The van der Waals surface area contributed by atoms with E-state index in [9.17, 15) is 9.18 Å². The molecule has 138 valence electrons. The van der Waals surface area contributed by atoms with Crippen molar-refractivity contribution in [3.63, 3.8) is 0 Å². The molecule has 0 N–H and O–H groups in total. The normalized spacial score (nSPS) is 16.5. The minimum atomic E-state index is -0.298. The van der Waals surface area contributed by atoms with Gasteiger partial charge in [0.1, 0.15) is 11.6 Å². The number of benzene rings is 2. The van der Waals surface area contributed by atoms with Gasteiger partial charge in [0.05, 0.1) is 11.1 Å². The lowest BCUT2D eigenvalue weighted by molar-refractivity contribution is -0.135. The first-order valence-corrected chi connectivity index (χ1v) is 9.01. The molecule has 1 atom stereocenters. The van der Waals surface area contributed by atoms with Crippen molar-refractivity contribution in [2.45, 2.75) is 25.5 Å². The molecule has 1 saturated heterocycles. The first-order chi connectivity index (χ1) is 12.6. The molecule has 1 amide bonds. The second kappa shape index (κ2) is 9.01. The fraction of sp³-hybridized carbons (Fsp3) is 0.350. The number of carbonyl (C=O) groups excluding carboxylic acids is 1. The van der Waals surface area contributed by atoms with E-state index in [-0.39, 0.29) is 24.4 Å². The van der Waals surface area contributed by atoms with Gasteiger partial charge in [-0.2, -0.15) is 0 Å². The van der Waals surface area contributed by atoms with Crippen LogP contribution in [0.15, 0.2) is 48.5 Å². The number of halogens is 2. The van der Waals surface area contributed by atoms with Crippen LogP contribution in [-0.4, -0.2) is 36.7 Å². The Labute approximate surface area is 157 Å². The minimum absolute atomic E-state index is 0.0275. The molecule has 0 bridgehead atoms. The Kier molecular flexibility index (Phi) is 6.47. The van der Waals surface area contributed by atoms with Crippen LogP contribution in [0.25, 0.3) is 0 Å². The van der Waals surface area contributed by atoms with Gasteiger partial charge in [-0.1, -0.05) is 35.9 Å². The van der Waals surface area contributed by atoms with Gasteiger partial charge in [-0.25, -0.2) is 4.39 Å². The molecule has 26 heavy (non-hydrogen) atoms. The van der Waals surface area contributed by atoms with Crippen molar-refractivity contribution in [1.82, 2.24) is 4.90 Å². The predicted octanol–water partition coefficient (Wildman–Crippen LogP) is 4.07. The summed E-state index contributed by atoms with van der Waals surface area (Å²) in [7, 11) is 0. The fourth-order valence-corrected chi connectivity index (χ4v) is 3.08. The number of para-hydroxylation sites is 1. The van der Waals surface area contributed by atoms with E-state index in [0.717, 1.165) is 25.0 Å². The van der Waals surface area contributed by atoms with Crippen molar-refractivity contribution < 1.29 is 18.7 Å². The zero-order valence-corrected chi connectivity index (χ0v) is 15.1. The summed E-state index contributed by atoms with van der Waals surface area (Å²) in [4.78, 5) is 14.4. The van der Waals surface area contributed by atoms with Crippen LogP contribution in [0.3, 0.4) is 0 Å². The van der Waals surface area contributed by atoms with Gasteiger partial charge in [0.2, 0.25) is 0 Å². The molecular weight excluding hydrogens is 357 g/mol. The molecule has 1 heterocycles. The van der Waals surface area contributed by atoms with Crippen molar-refractivity contribution in [3.8, 4) is 5.75 Å². The van der Waals surface area contributed by atoms with E-state index in [0.29, 0.717) is 23.9 Å². The summed E-state index contributed by atoms with van der Waals surface area (Å²) in [6, 6.07) is 13.2. The average Bonchev–Trinajstić information content (AvgIpc) is 3.15. The van der Waals surface area contributed by atoms with Crippen molar-refractivity contribution >= 4 is 17.5 Å². The zero-order valence-electron chi connectivity index (χ0n) is 14.4. The Morgan fingerprint density at radius 2 is 2.00 bits per heavy atom. The number of carbonyl (C=O) groups is 1. The van der Waals surface area contributed by atoms with Gasteiger partial charge in [-0.05, 0) is 42.7 Å². The minimum Gasteiger partial charge on any atom is -0.482 e. The number of nitrogens with zero attached hydrogens (tertiary/aromatic N) is 1. The first kappa shape index (κ1) is 18.7. The highest BCUT2D eigenvalue weighted by molar-refractivity contribution is 6.32. The summed E-state index contributed by atoms with van der Waals surface area (Å²) in [6.07, 6.45) is 1.96. The lowest BCUT2D eigenvalue weighted by Crippen LogP contribution is -2.39. The Bertz CT molecular complexity index is 732. The molecule has 0 aliphatic carbocycles. The molecule has 0 radical (unpaired) electrons. The molecule has 6 heteroatoms. The number of hydrogen-bond donors (Lipinski definition) is 0. The third-order valence-corrected chi connectivity index (χ3v) is 4.59. The Hall–Kier alpha value is -2.11. The van der Waals surface area contributed by atoms with E-state index < -0.39 is 0 Å². The maximum Gasteiger partial charge on any atom is 0.260 e. The topological polar surface area (TPSA) is 38.8 Å². The Morgan fingerprint density at radius 3 is 2.69 bits per heavy atom. The zero-order chi connectivity index (χ0) is 18.4. The van der Waals surface area contributed by atoms with Gasteiger partial charge in [0, 0.05) is 19.7 Å². The summed E-state index contributed by atoms with van der Waals surface area (Å²) in [5.41, 5.74) is 0.857. The van der Waals surface area contributed by atoms with E-state index in [4.69, 9.17) is 21.1 Å².